The number of hydrogen-bond donors (Lipinski definition) is 0. The van der Waals surface area contributed by atoms with E-state index in [2.05, 4.69) is 0 Å². The van der Waals surface area contributed by atoms with Gasteiger partial charge in [0, 0.05) is 24.7 Å². The van der Waals surface area contributed by atoms with Gasteiger partial charge in [-0.15, -0.1) is 0 Å². The summed E-state index contributed by atoms with van der Waals surface area (Å²) in [5.74, 6) is -0.142. The third-order valence-corrected chi connectivity index (χ3v) is 4.30. The minimum absolute atomic E-state index is 0.0477. The molecule has 2 rings (SSSR count). The molecule has 0 heterocycles. The molecule has 0 aromatic heterocycles. The van der Waals surface area contributed by atoms with E-state index < -0.39 is 11.7 Å². The summed E-state index contributed by atoms with van der Waals surface area (Å²) in [4.78, 5) is 16.4. The average Bonchev–Trinajstić information content (AvgIpc) is 2.58. The molecule has 0 fully saturated rings. The highest BCUT2D eigenvalue weighted by atomic mass is 35.5. The van der Waals surface area contributed by atoms with Gasteiger partial charge in [0.25, 0.3) is 0 Å². The fraction of sp³-hybridized carbons (Fsp3) is 0.350. The number of amides is 1. The highest BCUT2D eigenvalue weighted by Gasteiger charge is 2.30. The first-order valence-electron chi connectivity index (χ1n) is 8.48. The number of halogens is 4. The lowest BCUT2D eigenvalue weighted by atomic mass is 10.1. The smallest absolute Gasteiger partial charge is 0.337 e. The van der Waals surface area contributed by atoms with Crippen LogP contribution in [0.2, 0.25) is 5.02 Å². The van der Waals surface area contributed by atoms with E-state index in [1.165, 1.54) is 12.1 Å². The van der Waals surface area contributed by atoms with Crippen LogP contribution in [0.3, 0.4) is 0 Å². The lowest BCUT2D eigenvalue weighted by molar-refractivity contribution is -0.137. The number of alkyl halides is 3. The zero-order chi connectivity index (χ0) is 20.0. The molecule has 0 N–H and O–H groups in total. The number of likely N-dealkylation sites (N-methyl/N-ethyl adjacent to an activating group) is 1. The van der Waals surface area contributed by atoms with Crippen molar-refractivity contribution in [2.45, 2.75) is 19.1 Å². The van der Waals surface area contributed by atoms with Crippen LogP contribution in [0.25, 0.3) is 0 Å². The number of nitrogens with zero attached hydrogens (tertiary/aromatic N) is 2. The van der Waals surface area contributed by atoms with Gasteiger partial charge in [0.1, 0.15) is 0 Å². The van der Waals surface area contributed by atoms with Crippen LogP contribution in [0.4, 0.5) is 13.2 Å². The second-order valence-electron chi connectivity index (χ2n) is 6.62. The van der Waals surface area contributed by atoms with E-state index in [1.54, 1.807) is 17.0 Å². The van der Waals surface area contributed by atoms with Crippen molar-refractivity contribution in [1.82, 2.24) is 9.80 Å². The summed E-state index contributed by atoms with van der Waals surface area (Å²) >= 11 is 6.01. The molecule has 0 aliphatic rings. The van der Waals surface area contributed by atoms with E-state index in [0.717, 1.165) is 17.7 Å². The minimum atomic E-state index is -4.38. The summed E-state index contributed by atoms with van der Waals surface area (Å²) in [7, 11) is 3.83. The Bertz CT molecular complexity index is 761. The summed E-state index contributed by atoms with van der Waals surface area (Å²) in [6, 6.07) is 12.0. The molecular formula is C20H22ClF3N2O. The summed E-state index contributed by atoms with van der Waals surface area (Å²) in [5.41, 5.74) is 0.734. The van der Waals surface area contributed by atoms with Crippen LogP contribution in [0.5, 0.6) is 0 Å². The second-order valence-corrected chi connectivity index (χ2v) is 7.06. The molecule has 3 nitrogen and oxygen atoms in total. The van der Waals surface area contributed by atoms with E-state index in [4.69, 9.17) is 11.6 Å². The molecule has 27 heavy (non-hydrogen) atoms. The summed E-state index contributed by atoms with van der Waals surface area (Å²) < 4.78 is 38.0. The Hall–Kier alpha value is -2.05. The Kier molecular flexibility index (Phi) is 7.27. The number of carbonyl (C=O) groups is 1. The Labute approximate surface area is 162 Å². The van der Waals surface area contributed by atoms with Crippen LogP contribution in [0, 0.1) is 0 Å². The molecular weight excluding hydrogens is 377 g/mol. The highest BCUT2D eigenvalue weighted by Crippen LogP contribution is 2.29. The highest BCUT2D eigenvalue weighted by molar-refractivity contribution is 6.30. The van der Waals surface area contributed by atoms with Gasteiger partial charge in [-0.05, 0) is 49.5 Å². The second kappa shape index (κ2) is 9.24. The van der Waals surface area contributed by atoms with Crippen LogP contribution in [-0.2, 0) is 23.9 Å². The number of hydrogen-bond acceptors (Lipinski definition) is 2. The van der Waals surface area contributed by atoms with Gasteiger partial charge < -0.3 is 9.80 Å². The predicted octanol–water partition coefficient (Wildman–Crippen LogP) is 4.49. The largest absolute Gasteiger partial charge is 0.416 e. The van der Waals surface area contributed by atoms with Gasteiger partial charge >= 0.3 is 6.18 Å². The summed E-state index contributed by atoms with van der Waals surface area (Å²) in [5, 5.41) is 0.593. The standard InChI is InChI=1S/C20H22ClF3N2O/c1-25(2)10-11-26(14-16-4-3-5-18(21)12-16)19(27)13-15-6-8-17(9-7-15)20(22,23)24/h3-9,12H,10-11,13-14H2,1-2H3. The molecule has 0 saturated carbocycles. The van der Waals surface area contributed by atoms with Crippen LogP contribution < -0.4 is 0 Å². The molecule has 0 spiro atoms. The average molecular weight is 399 g/mol. The van der Waals surface area contributed by atoms with Crippen molar-refractivity contribution in [2.24, 2.45) is 0 Å². The Balaban J connectivity index is 2.10. The first-order chi connectivity index (χ1) is 12.6. The van der Waals surface area contributed by atoms with Crippen molar-refractivity contribution in [3.8, 4) is 0 Å². The molecule has 0 aliphatic carbocycles. The van der Waals surface area contributed by atoms with Crippen molar-refractivity contribution < 1.29 is 18.0 Å². The molecule has 0 bridgehead atoms. The van der Waals surface area contributed by atoms with Gasteiger partial charge in [-0.3, -0.25) is 4.79 Å². The molecule has 0 saturated heterocycles. The zero-order valence-electron chi connectivity index (χ0n) is 15.3. The Morgan fingerprint density at radius 2 is 1.67 bits per heavy atom. The molecule has 146 valence electrons. The number of rotatable bonds is 7. The molecule has 0 atom stereocenters. The quantitative estimate of drug-likeness (QED) is 0.686. The van der Waals surface area contributed by atoms with Gasteiger partial charge in [-0.2, -0.15) is 13.2 Å². The first kappa shape index (κ1) is 21.3. The maximum Gasteiger partial charge on any atom is 0.416 e. The molecule has 0 aliphatic heterocycles. The third kappa shape index (κ3) is 6.88. The molecule has 0 unspecified atom stereocenters. The first-order valence-corrected chi connectivity index (χ1v) is 8.86. The molecule has 7 heteroatoms. The van der Waals surface area contributed by atoms with Crippen molar-refractivity contribution in [3.63, 3.8) is 0 Å². The SMILES string of the molecule is CN(C)CCN(Cc1cccc(Cl)c1)C(=O)Cc1ccc(C(F)(F)F)cc1. The van der Waals surface area contributed by atoms with Gasteiger partial charge in [0.05, 0.1) is 12.0 Å². The van der Waals surface area contributed by atoms with Crippen LogP contribution in [-0.4, -0.2) is 42.9 Å². The lowest BCUT2D eigenvalue weighted by Gasteiger charge is -2.25. The number of benzene rings is 2. The molecule has 0 radical (unpaired) electrons. The van der Waals surface area contributed by atoms with E-state index in [1.807, 2.05) is 31.1 Å². The Morgan fingerprint density at radius 1 is 1.00 bits per heavy atom. The van der Waals surface area contributed by atoms with Gasteiger partial charge in [0.15, 0.2) is 0 Å². The van der Waals surface area contributed by atoms with Crippen molar-refractivity contribution in [3.05, 3.63) is 70.2 Å². The van der Waals surface area contributed by atoms with Crippen LogP contribution in [0.1, 0.15) is 16.7 Å². The zero-order valence-corrected chi connectivity index (χ0v) is 16.0. The predicted molar refractivity (Wildman–Crippen MR) is 101 cm³/mol. The van der Waals surface area contributed by atoms with Crippen molar-refractivity contribution in [2.75, 3.05) is 27.2 Å². The van der Waals surface area contributed by atoms with E-state index >= 15 is 0 Å². The van der Waals surface area contributed by atoms with Crippen LogP contribution in [0.15, 0.2) is 48.5 Å². The topological polar surface area (TPSA) is 23.6 Å². The molecule has 2 aromatic rings. The normalized spacial score (nSPS) is 11.7. The van der Waals surface area contributed by atoms with E-state index in [0.29, 0.717) is 30.2 Å². The van der Waals surface area contributed by atoms with E-state index in [-0.39, 0.29) is 12.3 Å². The maximum absolute atomic E-state index is 12.7. The van der Waals surface area contributed by atoms with Gasteiger partial charge in [-0.25, -0.2) is 0 Å². The van der Waals surface area contributed by atoms with Crippen LogP contribution >= 0.6 is 11.6 Å². The maximum atomic E-state index is 12.7. The Morgan fingerprint density at radius 3 is 2.22 bits per heavy atom. The lowest BCUT2D eigenvalue weighted by Crippen LogP contribution is -2.37. The van der Waals surface area contributed by atoms with Crippen molar-refractivity contribution in [1.29, 1.82) is 0 Å². The summed E-state index contributed by atoms with van der Waals surface area (Å²) in [6.07, 6.45) is -4.33. The fourth-order valence-electron chi connectivity index (χ4n) is 2.57. The monoisotopic (exact) mass is 398 g/mol. The van der Waals surface area contributed by atoms with Crippen molar-refractivity contribution >= 4 is 17.5 Å². The van der Waals surface area contributed by atoms with E-state index in [9.17, 15) is 18.0 Å². The molecule has 2 aromatic carbocycles. The summed E-state index contributed by atoms with van der Waals surface area (Å²) in [6.45, 7) is 1.59. The number of carbonyl (C=O) groups excluding carboxylic acids is 1. The van der Waals surface area contributed by atoms with Gasteiger partial charge in [-0.1, -0.05) is 35.9 Å². The third-order valence-electron chi connectivity index (χ3n) is 4.07. The minimum Gasteiger partial charge on any atom is -0.337 e. The molecule has 1 amide bonds. The van der Waals surface area contributed by atoms with Gasteiger partial charge in [0.2, 0.25) is 5.91 Å². The fourth-order valence-corrected chi connectivity index (χ4v) is 2.78.